The minimum Gasteiger partial charge on any atom is -0.349 e. The maximum Gasteiger partial charge on any atom is 0.258 e. The van der Waals surface area contributed by atoms with Crippen molar-refractivity contribution in [1.29, 1.82) is 0 Å². The minimum atomic E-state index is -1.89. The number of benzene rings is 1. The molecule has 0 aliphatic carbocycles. The summed E-state index contributed by atoms with van der Waals surface area (Å²) in [4.78, 5) is 27.2. The van der Waals surface area contributed by atoms with Gasteiger partial charge in [-0.05, 0) is 31.2 Å². The van der Waals surface area contributed by atoms with Gasteiger partial charge in [-0.25, -0.2) is 4.39 Å². The Labute approximate surface area is 190 Å². The lowest BCUT2D eigenvalue weighted by molar-refractivity contribution is -0.136. The van der Waals surface area contributed by atoms with Crippen molar-refractivity contribution < 1.29 is 14.0 Å². The number of rotatable bonds is 6. The van der Waals surface area contributed by atoms with E-state index in [0.29, 0.717) is 29.2 Å². The van der Waals surface area contributed by atoms with Gasteiger partial charge >= 0.3 is 0 Å². The van der Waals surface area contributed by atoms with E-state index in [2.05, 4.69) is 20.8 Å². The van der Waals surface area contributed by atoms with E-state index >= 15 is 4.39 Å². The van der Waals surface area contributed by atoms with E-state index in [0.717, 1.165) is 5.69 Å². The van der Waals surface area contributed by atoms with Gasteiger partial charge in [0.05, 0.1) is 10.0 Å². The number of H-pyrrole nitrogens is 1. The molecule has 7 nitrogen and oxygen atoms in total. The first kappa shape index (κ1) is 23.5. The number of hydrogen-bond acceptors (Lipinski definition) is 4. The SMILES string of the molecule is CC(C)c1[nH]nc(NC(=O)c2ccc(Cl)c(Cl)c2)c1CNC(=O)C1(F)CCN(C)CC1. The Morgan fingerprint density at radius 1 is 1.26 bits per heavy atom. The van der Waals surface area contributed by atoms with Crippen molar-refractivity contribution in [2.45, 2.75) is 44.8 Å². The average molecular weight is 470 g/mol. The van der Waals surface area contributed by atoms with Gasteiger partial charge in [0.15, 0.2) is 11.5 Å². The Morgan fingerprint density at radius 2 is 1.94 bits per heavy atom. The van der Waals surface area contributed by atoms with Crippen LogP contribution in [0.5, 0.6) is 0 Å². The number of nitrogens with one attached hydrogen (secondary N) is 3. The molecule has 1 fully saturated rings. The predicted octanol–water partition coefficient (Wildman–Crippen LogP) is 4.14. The Morgan fingerprint density at radius 3 is 2.55 bits per heavy atom. The molecule has 1 aliphatic heterocycles. The number of anilines is 1. The largest absolute Gasteiger partial charge is 0.349 e. The average Bonchev–Trinajstić information content (AvgIpc) is 3.13. The monoisotopic (exact) mass is 469 g/mol. The maximum absolute atomic E-state index is 15.1. The normalized spacial score (nSPS) is 16.4. The fourth-order valence-corrected chi connectivity index (χ4v) is 3.78. The van der Waals surface area contributed by atoms with Crippen LogP contribution in [0.25, 0.3) is 0 Å². The van der Waals surface area contributed by atoms with Crippen LogP contribution in [0.1, 0.15) is 54.2 Å². The minimum absolute atomic E-state index is 0.0430. The molecule has 0 radical (unpaired) electrons. The third-order valence-electron chi connectivity index (χ3n) is 5.50. The van der Waals surface area contributed by atoms with Crippen molar-refractivity contribution in [3.8, 4) is 0 Å². The summed E-state index contributed by atoms with van der Waals surface area (Å²) in [7, 11) is 1.90. The number of nitrogens with zero attached hydrogens (tertiary/aromatic N) is 2. The molecule has 31 heavy (non-hydrogen) atoms. The Kier molecular flexibility index (Phi) is 7.24. The van der Waals surface area contributed by atoms with Crippen LogP contribution in [-0.2, 0) is 11.3 Å². The summed E-state index contributed by atoms with van der Waals surface area (Å²) in [5.41, 5.74) is -0.223. The summed E-state index contributed by atoms with van der Waals surface area (Å²) >= 11 is 11.9. The molecule has 0 saturated carbocycles. The standard InChI is InChI=1S/C21H26Cl2FN5O2/c1-12(2)17-14(11-25-20(31)21(24)6-8-29(3)9-7-21)18(28-27-17)26-19(30)13-4-5-15(22)16(23)10-13/h4-5,10,12H,6-9,11H2,1-3H3,(H,25,31)(H2,26,27,28,30). The molecule has 1 aromatic heterocycles. The summed E-state index contributed by atoms with van der Waals surface area (Å²) in [6.45, 7) is 5.01. The topological polar surface area (TPSA) is 90.1 Å². The van der Waals surface area contributed by atoms with Gasteiger partial charge < -0.3 is 15.5 Å². The van der Waals surface area contributed by atoms with Crippen LogP contribution in [0.3, 0.4) is 0 Å². The van der Waals surface area contributed by atoms with E-state index in [-0.39, 0.29) is 36.1 Å². The van der Waals surface area contributed by atoms with Crippen molar-refractivity contribution in [3.05, 3.63) is 45.1 Å². The van der Waals surface area contributed by atoms with Crippen LogP contribution in [0.2, 0.25) is 10.0 Å². The number of aromatic amines is 1. The fraction of sp³-hybridized carbons (Fsp3) is 0.476. The lowest BCUT2D eigenvalue weighted by Gasteiger charge is -2.33. The van der Waals surface area contributed by atoms with Gasteiger partial charge in [0, 0.05) is 49.3 Å². The maximum atomic E-state index is 15.1. The molecule has 10 heteroatoms. The quantitative estimate of drug-likeness (QED) is 0.592. The molecule has 0 unspecified atom stereocenters. The molecule has 0 atom stereocenters. The second kappa shape index (κ2) is 9.54. The van der Waals surface area contributed by atoms with Crippen LogP contribution in [-0.4, -0.2) is 52.7 Å². The third kappa shape index (κ3) is 5.37. The van der Waals surface area contributed by atoms with E-state index in [9.17, 15) is 9.59 Å². The Balaban J connectivity index is 1.75. The molecule has 0 spiro atoms. The number of carbonyl (C=O) groups is 2. The molecule has 1 aromatic carbocycles. The number of alkyl halides is 1. The third-order valence-corrected chi connectivity index (χ3v) is 6.24. The van der Waals surface area contributed by atoms with Crippen LogP contribution in [0.15, 0.2) is 18.2 Å². The summed E-state index contributed by atoms with van der Waals surface area (Å²) in [6, 6.07) is 4.55. The molecule has 3 rings (SSSR count). The highest BCUT2D eigenvalue weighted by atomic mass is 35.5. The molecular formula is C21H26Cl2FN5O2. The first-order valence-electron chi connectivity index (χ1n) is 10.1. The molecular weight excluding hydrogens is 444 g/mol. The number of amides is 2. The zero-order chi connectivity index (χ0) is 22.8. The van der Waals surface area contributed by atoms with Gasteiger partial charge in [0.1, 0.15) is 0 Å². The second-order valence-electron chi connectivity index (χ2n) is 8.15. The molecule has 1 aliphatic rings. The van der Waals surface area contributed by atoms with Crippen molar-refractivity contribution in [2.24, 2.45) is 0 Å². The first-order valence-corrected chi connectivity index (χ1v) is 10.9. The molecule has 2 heterocycles. The lowest BCUT2D eigenvalue weighted by Crippen LogP contribution is -2.50. The smallest absolute Gasteiger partial charge is 0.258 e. The highest BCUT2D eigenvalue weighted by Gasteiger charge is 2.41. The first-order chi connectivity index (χ1) is 14.6. The number of aromatic nitrogens is 2. The van der Waals surface area contributed by atoms with Gasteiger partial charge in [-0.1, -0.05) is 37.0 Å². The summed E-state index contributed by atoms with van der Waals surface area (Å²) in [5.74, 6) is -0.738. The van der Waals surface area contributed by atoms with Crippen LogP contribution in [0.4, 0.5) is 10.2 Å². The molecule has 3 N–H and O–H groups in total. The van der Waals surface area contributed by atoms with E-state index in [1.165, 1.54) is 12.1 Å². The highest BCUT2D eigenvalue weighted by molar-refractivity contribution is 6.42. The van der Waals surface area contributed by atoms with E-state index < -0.39 is 17.5 Å². The van der Waals surface area contributed by atoms with Crippen molar-refractivity contribution in [3.63, 3.8) is 0 Å². The second-order valence-corrected chi connectivity index (χ2v) is 8.97. The van der Waals surface area contributed by atoms with Gasteiger partial charge in [-0.2, -0.15) is 5.10 Å². The zero-order valence-corrected chi connectivity index (χ0v) is 19.2. The van der Waals surface area contributed by atoms with E-state index in [1.807, 2.05) is 25.8 Å². The van der Waals surface area contributed by atoms with Gasteiger partial charge in [0.2, 0.25) is 0 Å². The molecule has 1 saturated heterocycles. The lowest BCUT2D eigenvalue weighted by atomic mass is 9.92. The Bertz CT molecular complexity index is 971. The van der Waals surface area contributed by atoms with Gasteiger partial charge in [0.25, 0.3) is 11.8 Å². The summed E-state index contributed by atoms with van der Waals surface area (Å²) in [6.07, 6.45) is 0.303. The number of hydrogen-bond donors (Lipinski definition) is 3. The van der Waals surface area contributed by atoms with Crippen molar-refractivity contribution in [2.75, 3.05) is 25.5 Å². The summed E-state index contributed by atoms with van der Waals surface area (Å²) < 4.78 is 15.1. The number of piperidine rings is 1. The highest BCUT2D eigenvalue weighted by Crippen LogP contribution is 2.28. The summed E-state index contributed by atoms with van der Waals surface area (Å²) in [5, 5.41) is 13.1. The van der Waals surface area contributed by atoms with Crippen molar-refractivity contribution >= 4 is 40.8 Å². The molecule has 2 aromatic rings. The van der Waals surface area contributed by atoms with Crippen LogP contribution < -0.4 is 10.6 Å². The van der Waals surface area contributed by atoms with Crippen LogP contribution in [0, 0.1) is 0 Å². The van der Waals surface area contributed by atoms with Crippen LogP contribution >= 0.6 is 23.2 Å². The van der Waals surface area contributed by atoms with Gasteiger partial charge in [-0.3, -0.25) is 14.7 Å². The Hall–Kier alpha value is -2.16. The predicted molar refractivity (Wildman–Crippen MR) is 120 cm³/mol. The molecule has 0 bridgehead atoms. The number of carbonyl (C=O) groups excluding carboxylic acids is 2. The molecule has 2 amide bonds. The fourth-order valence-electron chi connectivity index (χ4n) is 3.48. The van der Waals surface area contributed by atoms with Crippen molar-refractivity contribution in [1.82, 2.24) is 20.4 Å². The zero-order valence-electron chi connectivity index (χ0n) is 17.7. The van der Waals surface area contributed by atoms with Gasteiger partial charge in [-0.15, -0.1) is 0 Å². The van der Waals surface area contributed by atoms with E-state index in [1.54, 1.807) is 6.07 Å². The van der Waals surface area contributed by atoms with E-state index in [4.69, 9.17) is 23.2 Å². The number of halogens is 3. The molecule has 168 valence electrons. The number of likely N-dealkylation sites (tertiary alicyclic amines) is 1.